The van der Waals surface area contributed by atoms with Crippen molar-refractivity contribution in [2.24, 2.45) is 0 Å². The van der Waals surface area contributed by atoms with Gasteiger partial charge in [-0.15, -0.1) is 0 Å². The van der Waals surface area contributed by atoms with Gasteiger partial charge in [0.15, 0.2) is 11.7 Å². The second-order valence-electron chi connectivity index (χ2n) is 7.02. The third kappa shape index (κ3) is 4.07. The maximum absolute atomic E-state index is 13.8. The van der Waals surface area contributed by atoms with Crippen molar-refractivity contribution >= 4 is 27.7 Å². The molecule has 4 rings (SSSR count). The fourth-order valence-corrected chi connectivity index (χ4v) is 4.06. The molecule has 0 fully saturated rings. The summed E-state index contributed by atoms with van der Waals surface area (Å²) in [5, 5.41) is 9.83. The second kappa shape index (κ2) is 8.14. The Bertz CT molecular complexity index is 1040. The normalized spacial score (nSPS) is 18.4. The van der Waals surface area contributed by atoms with Gasteiger partial charge in [-0.2, -0.15) is 18.3 Å². The van der Waals surface area contributed by atoms with Crippen LogP contribution in [0.25, 0.3) is 0 Å². The molecular weight excluding hydrogens is 461 g/mol. The maximum Gasteiger partial charge on any atom is 0.410 e. The van der Waals surface area contributed by atoms with E-state index in [0.29, 0.717) is 0 Å². The first-order valence-electron chi connectivity index (χ1n) is 9.33. The van der Waals surface area contributed by atoms with E-state index >= 15 is 0 Å². The Hall–Kier alpha value is -2.81. The standard InChI is InChI=1S/C21H18BrF3N4O/c22-17-18(20(30)26-12-13-7-3-1-4-8-13)28-29-16(21(23,24)25)11-15(27-19(17)29)14-9-5-2-6-10-14/h1-10,15-16,27H,11-12H2,(H,26,30). The quantitative estimate of drug-likeness (QED) is 0.539. The summed E-state index contributed by atoms with van der Waals surface area (Å²) in [6.45, 7) is 0.247. The number of alkyl halides is 3. The van der Waals surface area contributed by atoms with Crippen LogP contribution in [0.4, 0.5) is 19.0 Å². The van der Waals surface area contributed by atoms with E-state index in [1.54, 1.807) is 24.3 Å². The minimum Gasteiger partial charge on any atom is -0.362 e. The van der Waals surface area contributed by atoms with E-state index in [9.17, 15) is 18.0 Å². The van der Waals surface area contributed by atoms with Crippen molar-refractivity contribution in [2.45, 2.75) is 31.2 Å². The van der Waals surface area contributed by atoms with Crippen molar-refractivity contribution in [3.63, 3.8) is 0 Å². The average Bonchev–Trinajstić information content (AvgIpc) is 3.08. The largest absolute Gasteiger partial charge is 0.410 e. The number of nitrogens with one attached hydrogen (secondary N) is 2. The summed E-state index contributed by atoms with van der Waals surface area (Å²) in [7, 11) is 0. The van der Waals surface area contributed by atoms with Gasteiger partial charge < -0.3 is 10.6 Å². The third-order valence-corrected chi connectivity index (χ3v) is 5.76. The molecule has 0 aliphatic carbocycles. The second-order valence-corrected chi connectivity index (χ2v) is 7.82. The fraction of sp³-hybridized carbons (Fsp3) is 0.238. The van der Waals surface area contributed by atoms with Gasteiger partial charge in [0, 0.05) is 13.0 Å². The van der Waals surface area contributed by atoms with Crippen LogP contribution in [0.1, 0.15) is 40.1 Å². The Kier molecular flexibility index (Phi) is 5.55. The first kappa shape index (κ1) is 20.5. The highest BCUT2D eigenvalue weighted by Gasteiger charge is 2.47. The molecule has 1 aliphatic rings. The van der Waals surface area contributed by atoms with Gasteiger partial charge in [0.1, 0.15) is 5.82 Å². The molecule has 0 radical (unpaired) electrons. The Morgan fingerprint density at radius 2 is 1.77 bits per heavy atom. The SMILES string of the molecule is O=C(NCc1ccccc1)c1nn2c(c1Br)NC(c1ccccc1)CC2C(F)(F)F. The zero-order chi connectivity index (χ0) is 21.3. The molecule has 3 aromatic rings. The molecule has 0 saturated carbocycles. The van der Waals surface area contributed by atoms with Crippen LogP contribution in [0.5, 0.6) is 0 Å². The number of rotatable bonds is 4. The lowest BCUT2D eigenvalue weighted by Gasteiger charge is -2.33. The molecular formula is C21H18BrF3N4O. The number of fused-ring (bicyclic) bond motifs is 1. The topological polar surface area (TPSA) is 59.0 Å². The summed E-state index contributed by atoms with van der Waals surface area (Å²) in [4.78, 5) is 12.6. The average molecular weight is 479 g/mol. The van der Waals surface area contributed by atoms with Crippen LogP contribution < -0.4 is 10.6 Å². The summed E-state index contributed by atoms with van der Waals surface area (Å²) >= 11 is 3.28. The number of carbonyl (C=O) groups excluding carboxylic acids is 1. The van der Waals surface area contributed by atoms with E-state index in [4.69, 9.17) is 0 Å². The van der Waals surface area contributed by atoms with Crippen LogP contribution in [-0.2, 0) is 6.54 Å². The van der Waals surface area contributed by atoms with Crippen molar-refractivity contribution in [3.8, 4) is 0 Å². The van der Waals surface area contributed by atoms with E-state index in [1.165, 1.54) is 0 Å². The van der Waals surface area contributed by atoms with Gasteiger partial charge >= 0.3 is 6.18 Å². The molecule has 2 heterocycles. The number of anilines is 1. The van der Waals surface area contributed by atoms with Crippen molar-refractivity contribution < 1.29 is 18.0 Å². The first-order valence-corrected chi connectivity index (χ1v) is 10.1. The third-order valence-electron chi connectivity index (χ3n) is 5.01. The molecule has 0 saturated heterocycles. The van der Waals surface area contributed by atoms with Gasteiger partial charge in [-0.1, -0.05) is 60.7 Å². The lowest BCUT2D eigenvalue weighted by atomic mass is 9.97. The van der Waals surface area contributed by atoms with Crippen LogP contribution in [0.15, 0.2) is 65.1 Å². The van der Waals surface area contributed by atoms with Crippen molar-refractivity contribution in [3.05, 3.63) is 82.0 Å². The molecule has 0 spiro atoms. The van der Waals surface area contributed by atoms with Crippen LogP contribution in [0, 0.1) is 0 Å². The van der Waals surface area contributed by atoms with Gasteiger partial charge in [-0.05, 0) is 27.1 Å². The minimum absolute atomic E-state index is 0.0867. The van der Waals surface area contributed by atoms with Gasteiger partial charge in [-0.3, -0.25) is 4.79 Å². The number of hydrogen-bond donors (Lipinski definition) is 2. The number of nitrogens with zero attached hydrogens (tertiary/aromatic N) is 2. The molecule has 2 unspecified atom stereocenters. The molecule has 1 amide bonds. The summed E-state index contributed by atoms with van der Waals surface area (Å²) in [6, 6.07) is 15.8. The molecule has 0 bridgehead atoms. The zero-order valence-corrected chi connectivity index (χ0v) is 17.2. The number of carbonyl (C=O) groups is 1. The van der Waals surface area contributed by atoms with Crippen LogP contribution >= 0.6 is 15.9 Å². The Balaban J connectivity index is 1.64. The Morgan fingerprint density at radius 3 is 2.40 bits per heavy atom. The van der Waals surface area contributed by atoms with Crippen LogP contribution in [-0.4, -0.2) is 21.9 Å². The number of amides is 1. The maximum atomic E-state index is 13.8. The van der Waals surface area contributed by atoms with Crippen LogP contribution in [0.3, 0.4) is 0 Å². The molecule has 30 heavy (non-hydrogen) atoms. The predicted octanol–water partition coefficient (Wildman–Crippen LogP) is 5.24. The van der Waals surface area contributed by atoms with Crippen molar-refractivity contribution in [2.75, 3.05) is 5.32 Å². The highest BCUT2D eigenvalue weighted by Crippen LogP contribution is 2.46. The highest BCUT2D eigenvalue weighted by molar-refractivity contribution is 9.10. The van der Waals surface area contributed by atoms with E-state index in [0.717, 1.165) is 15.8 Å². The summed E-state index contributed by atoms with van der Waals surface area (Å²) < 4.78 is 42.5. The molecule has 156 valence electrons. The Labute approximate surface area is 179 Å². The lowest BCUT2D eigenvalue weighted by molar-refractivity contribution is -0.173. The number of halogens is 4. The predicted molar refractivity (Wildman–Crippen MR) is 110 cm³/mol. The number of benzene rings is 2. The molecule has 1 aliphatic heterocycles. The zero-order valence-electron chi connectivity index (χ0n) is 15.7. The van der Waals surface area contributed by atoms with Gasteiger partial charge in [0.05, 0.1) is 10.5 Å². The molecule has 2 N–H and O–H groups in total. The summed E-state index contributed by atoms with van der Waals surface area (Å²) in [6.07, 6.45) is -4.73. The van der Waals surface area contributed by atoms with E-state index in [2.05, 4.69) is 31.7 Å². The molecule has 9 heteroatoms. The van der Waals surface area contributed by atoms with E-state index in [-0.39, 0.29) is 29.0 Å². The monoisotopic (exact) mass is 478 g/mol. The molecule has 5 nitrogen and oxygen atoms in total. The Morgan fingerprint density at radius 1 is 1.13 bits per heavy atom. The number of aromatic nitrogens is 2. The van der Waals surface area contributed by atoms with Gasteiger partial charge in [0.2, 0.25) is 0 Å². The van der Waals surface area contributed by atoms with E-state index < -0.39 is 24.2 Å². The summed E-state index contributed by atoms with van der Waals surface area (Å²) in [5.41, 5.74) is 1.53. The summed E-state index contributed by atoms with van der Waals surface area (Å²) in [5.74, 6) is -0.408. The van der Waals surface area contributed by atoms with Gasteiger partial charge in [-0.25, -0.2) is 4.68 Å². The van der Waals surface area contributed by atoms with Crippen molar-refractivity contribution in [1.82, 2.24) is 15.1 Å². The fourth-order valence-electron chi connectivity index (χ4n) is 3.50. The molecule has 1 aromatic heterocycles. The first-order chi connectivity index (χ1) is 14.3. The highest BCUT2D eigenvalue weighted by atomic mass is 79.9. The van der Waals surface area contributed by atoms with E-state index in [1.807, 2.05) is 36.4 Å². The smallest absolute Gasteiger partial charge is 0.362 e. The van der Waals surface area contributed by atoms with Gasteiger partial charge in [0.25, 0.3) is 5.91 Å². The molecule has 2 aromatic carbocycles. The number of hydrogen-bond acceptors (Lipinski definition) is 3. The molecule has 2 atom stereocenters. The minimum atomic E-state index is -4.51. The van der Waals surface area contributed by atoms with Crippen molar-refractivity contribution in [1.29, 1.82) is 0 Å². The lowest BCUT2D eigenvalue weighted by Crippen LogP contribution is -2.35. The van der Waals surface area contributed by atoms with Crippen LogP contribution in [0.2, 0.25) is 0 Å².